The highest BCUT2D eigenvalue weighted by atomic mass is 35.5. The van der Waals surface area contributed by atoms with Crippen LogP contribution in [-0.4, -0.2) is 156 Å². The molecule has 1 spiro atoms. The van der Waals surface area contributed by atoms with E-state index in [0.717, 1.165) is 32.6 Å². The molecule has 0 atom stereocenters. The van der Waals surface area contributed by atoms with Crippen LogP contribution in [0.4, 0.5) is 11.4 Å². The van der Waals surface area contributed by atoms with Gasteiger partial charge in [-0.25, -0.2) is 4.79 Å². The standard InChI is InChI=1S/C68H66Cl2N4O26/c1-37-16-17-52(73(27-56(81)94-31-88-38(2)75)28-57(82)95-32-89-39(3)76)54(22-37)86-20-21-87-55-26-45-44(23-53(55)74(29-58(83)96-33-90-40(4)77)30-59(84)97-34-91-41(5)78)66(85)100-68(45)46-24-48(69)64(98-35-92-42(6)79)60(50-14-10-12-18-71-50)62(46)67(8,9)63-47(68)25-49(70)65(99-36-93-43(7)80)61(63)51-15-11-13-19-72-51/h10-19,22-26H,20-21,27-36H2,1-9H3. The Morgan fingerprint density at radius 2 is 0.830 bits per heavy atom. The first-order chi connectivity index (χ1) is 47.6. The van der Waals surface area contributed by atoms with Crippen LogP contribution < -0.4 is 28.7 Å². The minimum absolute atomic E-state index is 0.00369. The lowest BCUT2D eigenvalue weighted by Crippen LogP contribution is -2.42. The molecule has 8 rings (SSSR count). The number of aryl methyl sites for hydroxylation is 1. The molecule has 0 bridgehead atoms. The summed E-state index contributed by atoms with van der Waals surface area (Å²) in [5, 5.41) is -0.232. The predicted octanol–water partition coefficient (Wildman–Crippen LogP) is 7.65. The lowest BCUT2D eigenvalue weighted by atomic mass is 9.59. The third-order valence-corrected chi connectivity index (χ3v) is 15.4. The number of carbonyl (C=O) groups excluding carboxylic acids is 11. The van der Waals surface area contributed by atoms with Crippen LogP contribution >= 0.6 is 23.2 Å². The lowest BCUT2D eigenvalue weighted by Gasteiger charge is -2.47. The van der Waals surface area contributed by atoms with Gasteiger partial charge in [0, 0.05) is 87.2 Å². The fraction of sp³-hybridized carbons (Fsp3) is 0.338. The van der Waals surface area contributed by atoms with E-state index < -0.39 is 157 Å². The van der Waals surface area contributed by atoms with Gasteiger partial charge in [0.15, 0.2) is 17.1 Å². The molecule has 0 N–H and O–H groups in total. The van der Waals surface area contributed by atoms with Crippen molar-refractivity contribution in [2.75, 3.05) is 90.0 Å². The van der Waals surface area contributed by atoms with Crippen molar-refractivity contribution in [1.82, 2.24) is 9.97 Å². The zero-order valence-corrected chi connectivity index (χ0v) is 56.8. The third kappa shape index (κ3) is 18.1. The van der Waals surface area contributed by atoms with Crippen molar-refractivity contribution >= 4 is 100 Å². The smallest absolute Gasteiger partial charge is 0.340 e. The number of fused-ring (bicyclic) bond motifs is 6. The molecule has 1 aliphatic heterocycles. The molecule has 528 valence electrons. The zero-order chi connectivity index (χ0) is 72.6. The molecule has 0 radical (unpaired) electrons. The van der Waals surface area contributed by atoms with E-state index in [1.807, 2.05) is 13.8 Å². The van der Waals surface area contributed by atoms with Crippen LogP contribution in [0.2, 0.25) is 10.0 Å². The quantitative estimate of drug-likeness (QED) is 0.0174. The van der Waals surface area contributed by atoms with E-state index in [1.54, 1.807) is 55.5 Å². The van der Waals surface area contributed by atoms with Crippen molar-refractivity contribution in [1.29, 1.82) is 0 Å². The number of aromatic nitrogens is 2. The summed E-state index contributed by atoms with van der Waals surface area (Å²) in [5.41, 5.74) is -1.42. The number of pyridine rings is 2. The number of ether oxygens (including phenoxy) is 15. The fourth-order valence-electron chi connectivity index (χ4n) is 10.8. The minimum atomic E-state index is -2.24. The molecular formula is C68H66Cl2N4O26. The van der Waals surface area contributed by atoms with E-state index in [9.17, 15) is 47.9 Å². The number of anilines is 2. The SMILES string of the molecule is CC(=O)OCOC(=O)CN(CC(=O)OCOC(C)=O)c1ccc(C)cc1OCCOc1cc2c(cc1N(CC(=O)OCOC(C)=O)CC(=O)OCOC(C)=O)C(=O)OC21c2cc(Cl)c(OCOC(C)=O)c(-c3ccccn3)c2C(C)(C)c2c1cc(Cl)c(OCOC(C)=O)c2-c1ccccn1. The average Bonchev–Trinajstić information content (AvgIpc) is 1.27. The molecule has 6 aromatic rings. The third-order valence-electron chi connectivity index (χ3n) is 14.8. The van der Waals surface area contributed by atoms with Crippen molar-refractivity contribution in [3.63, 3.8) is 0 Å². The van der Waals surface area contributed by atoms with Crippen LogP contribution in [0, 0.1) is 6.92 Å². The molecule has 3 heterocycles. The highest BCUT2D eigenvalue weighted by molar-refractivity contribution is 6.33. The number of benzene rings is 4. The van der Waals surface area contributed by atoms with Gasteiger partial charge in [0.25, 0.3) is 0 Å². The lowest BCUT2D eigenvalue weighted by molar-refractivity contribution is -0.167. The molecule has 4 aromatic carbocycles. The second-order valence-electron chi connectivity index (χ2n) is 22.2. The van der Waals surface area contributed by atoms with Crippen LogP contribution in [-0.2, 0) is 111 Å². The summed E-state index contributed by atoms with van der Waals surface area (Å²) in [6.07, 6.45) is 3.02. The highest BCUT2D eigenvalue weighted by Gasteiger charge is 2.59. The molecule has 0 unspecified atom stereocenters. The number of carbonyl (C=O) groups is 11. The maximum atomic E-state index is 15.6. The van der Waals surface area contributed by atoms with Gasteiger partial charge in [-0.15, -0.1) is 0 Å². The Morgan fingerprint density at radius 3 is 1.21 bits per heavy atom. The first-order valence-corrected chi connectivity index (χ1v) is 30.9. The summed E-state index contributed by atoms with van der Waals surface area (Å²) >= 11 is 14.9. The van der Waals surface area contributed by atoms with Crippen LogP contribution in [0.1, 0.15) is 99.1 Å². The summed E-state index contributed by atoms with van der Waals surface area (Å²) in [4.78, 5) is 153. The number of hydrogen-bond donors (Lipinski definition) is 0. The van der Waals surface area contributed by atoms with Crippen molar-refractivity contribution in [2.45, 2.75) is 73.3 Å². The maximum absolute atomic E-state index is 15.6. The first-order valence-electron chi connectivity index (χ1n) is 30.1. The van der Waals surface area contributed by atoms with Gasteiger partial charge >= 0.3 is 65.7 Å². The van der Waals surface area contributed by atoms with Gasteiger partial charge in [-0.3, -0.25) is 57.9 Å². The number of esters is 11. The minimum Gasteiger partial charge on any atom is -0.488 e. The molecular weight excluding hydrogens is 1360 g/mol. The summed E-state index contributed by atoms with van der Waals surface area (Å²) in [7, 11) is 0. The van der Waals surface area contributed by atoms with Crippen LogP contribution in [0.3, 0.4) is 0 Å². The van der Waals surface area contributed by atoms with E-state index in [-0.39, 0.29) is 89.2 Å². The number of nitrogens with zero attached hydrogens (tertiary/aromatic N) is 4. The molecule has 2 aromatic heterocycles. The molecule has 32 heteroatoms. The van der Waals surface area contributed by atoms with Crippen LogP contribution in [0.15, 0.2) is 91.3 Å². The Labute approximate surface area is 580 Å². The van der Waals surface area contributed by atoms with Gasteiger partial charge in [0.2, 0.25) is 40.8 Å². The zero-order valence-electron chi connectivity index (χ0n) is 55.3. The average molecular weight is 1430 g/mol. The maximum Gasteiger partial charge on any atom is 0.340 e. The normalized spacial score (nSPS) is 12.5. The fourth-order valence-corrected chi connectivity index (χ4v) is 11.4. The molecule has 0 saturated heterocycles. The molecule has 100 heavy (non-hydrogen) atoms. The van der Waals surface area contributed by atoms with E-state index in [2.05, 4.69) is 0 Å². The van der Waals surface area contributed by atoms with Gasteiger partial charge in [0.05, 0.1) is 38.4 Å². The molecule has 0 amide bonds. The summed E-state index contributed by atoms with van der Waals surface area (Å²) in [6.45, 7) is 3.59. The molecule has 0 saturated carbocycles. The molecule has 1 aliphatic carbocycles. The molecule has 0 fully saturated rings. The van der Waals surface area contributed by atoms with E-state index >= 15 is 4.79 Å². The number of hydrogen-bond acceptors (Lipinski definition) is 30. The monoisotopic (exact) mass is 1420 g/mol. The number of halogens is 2. The van der Waals surface area contributed by atoms with E-state index in [1.165, 1.54) is 61.5 Å². The highest BCUT2D eigenvalue weighted by Crippen LogP contribution is 2.64. The topological polar surface area (TPSA) is 358 Å². The Morgan fingerprint density at radius 1 is 0.450 bits per heavy atom. The Hall–Kier alpha value is -11.3. The second-order valence-corrected chi connectivity index (χ2v) is 23.0. The second kappa shape index (κ2) is 33.3. The Balaban J connectivity index is 1.38. The summed E-state index contributed by atoms with van der Waals surface area (Å²) < 4.78 is 83.1. The van der Waals surface area contributed by atoms with Crippen molar-refractivity contribution < 1.29 is 124 Å². The van der Waals surface area contributed by atoms with Gasteiger partial charge in [-0.05, 0) is 84.3 Å². The molecule has 2 aliphatic rings. The largest absolute Gasteiger partial charge is 0.488 e. The van der Waals surface area contributed by atoms with Gasteiger partial charge in [-0.1, -0.05) is 55.2 Å². The Kier molecular flexibility index (Phi) is 24.8. The first kappa shape index (κ1) is 74.5. The summed E-state index contributed by atoms with van der Waals surface area (Å²) in [5.74, 6) is -9.94. The van der Waals surface area contributed by atoms with Crippen LogP contribution in [0.5, 0.6) is 23.0 Å². The van der Waals surface area contributed by atoms with Gasteiger partial charge in [-0.2, -0.15) is 0 Å². The van der Waals surface area contributed by atoms with Crippen LogP contribution in [0.25, 0.3) is 22.5 Å². The van der Waals surface area contributed by atoms with Crippen molar-refractivity contribution in [2.24, 2.45) is 0 Å². The van der Waals surface area contributed by atoms with Crippen molar-refractivity contribution in [3.8, 4) is 45.5 Å². The van der Waals surface area contributed by atoms with E-state index in [0.29, 0.717) is 16.7 Å². The van der Waals surface area contributed by atoms with E-state index in [4.69, 9.17) is 104 Å². The molecule has 30 nitrogen and oxygen atoms in total. The number of rotatable bonds is 31. The van der Waals surface area contributed by atoms with Gasteiger partial charge in [0.1, 0.15) is 50.9 Å². The predicted molar refractivity (Wildman–Crippen MR) is 345 cm³/mol. The van der Waals surface area contributed by atoms with Crippen molar-refractivity contribution in [3.05, 3.63) is 140 Å². The summed E-state index contributed by atoms with van der Waals surface area (Å²) in [6, 6.07) is 20.4. The van der Waals surface area contributed by atoms with Gasteiger partial charge < -0.3 is 80.9 Å². The Bertz CT molecular complexity index is 3960.